The van der Waals surface area contributed by atoms with Crippen LogP contribution in [0, 0.1) is 0 Å². The van der Waals surface area contributed by atoms with E-state index in [2.05, 4.69) is 0 Å². The van der Waals surface area contributed by atoms with Crippen LogP contribution in [-0.4, -0.2) is 47.1 Å². The Morgan fingerprint density at radius 1 is 0.591 bits per heavy atom. The summed E-state index contributed by atoms with van der Waals surface area (Å²) in [5.74, 6) is -0.342. The number of hydrogen-bond donors (Lipinski definition) is 0. The predicted molar refractivity (Wildman–Crippen MR) is 101 cm³/mol. The van der Waals surface area contributed by atoms with Crippen LogP contribution in [-0.2, 0) is 26.6 Å². The second-order valence-corrected chi connectivity index (χ2v) is 18.1. The van der Waals surface area contributed by atoms with E-state index in [-0.39, 0.29) is 17.3 Å². The maximum Gasteiger partial charge on any atom is 0.391 e. The van der Waals surface area contributed by atoms with E-state index in [0.29, 0.717) is 51.2 Å². The van der Waals surface area contributed by atoms with Crippen molar-refractivity contribution in [3.63, 3.8) is 0 Å². The molecule has 0 aliphatic heterocycles. The lowest BCUT2D eigenvalue weighted by atomic mass is 10.6. The first-order valence-corrected chi connectivity index (χ1v) is 15.8. The summed E-state index contributed by atoms with van der Waals surface area (Å²) in [6.07, 6.45) is 1.17. The van der Waals surface area contributed by atoms with Crippen LogP contribution in [0.25, 0.3) is 0 Å². The van der Waals surface area contributed by atoms with Gasteiger partial charge < -0.3 is 0 Å². The second kappa shape index (κ2) is 10.1. The summed E-state index contributed by atoms with van der Waals surface area (Å²) in [5, 5.41) is 0. The van der Waals surface area contributed by atoms with E-state index in [4.69, 9.17) is 0 Å². The first kappa shape index (κ1) is 23.0. The van der Waals surface area contributed by atoms with Gasteiger partial charge in [0, 0.05) is 0 Å². The summed E-state index contributed by atoms with van der Waals surface area (Å²) in [7, 11) is -9.43. The molecule has 22 heavy (non-hydrogen) atoms. The minimum absolute atomic E-state index is 0.114. The molecule has 132 valence electrons. The molecular weight excluding hydrogens is 407 g/mol. The van der Waals surface area contributed by atoms with Gasteiger partial charge >= 0.3 is 4.55 Å². The van der Waals surface area contributed by atoms with Crippen LogP contribution in [0.5, 0.6) is 0 Å². The van der Waals surface area contributed by atoms with Crippen LogP contribution in [0.1, 0.15) is 40.0 Å². The van der Waals surface area contributed by atoms with Crippen molar-refractivity contribution in [1.82, 2.24) is 0 Å². The van der Waals surface area contributed by atoms with Crippen LogP contribution < -0.4 is 0 Å². The highest BCUT2D eigenvalue weighted by atomic mass is 33.2. The normalized spacial score (nSPS) is 13.2. The van der Waals surface area contributed by atoms with Gasteiger partial charge in [0.2, 0.25) is 0 Å². The third-order valence-electron chi connectivity index (χ3n) is 2.04. The Balaban J connectivity index is 5.24. The fourth-order valence-corrected chi connectivity index (χ4v) is 18.6. The Kier molecular flexibility index (Phi) is 10.5. The molecule has 0 saturated heterocycles. The molecule has 0 unspecified atom stereocenters. The highest BCUT2D eigenvalue weighted by Crippen LogP contribution is 2.40. The molecule has 13 heteroatoms. The van der Waals surface area contributed by atoms with Gasteiger partial charge in [-0.1, -0.05) is 52.7 Å². The third kappa shape index (κ3) is 10.7. The van der Waals surface area contributed by atoms with Gasteiger partial charge in [0.25, 0.3) is 0 Å². The van der Waals surface area contributed by atoms with Crippen molar-refractivity contribution < 1.29 is 25.3 Å². The summed E-state index contributed by atoms with van der Waals surface area (Å²) < 4.78 is 70.1. The fraction of sp³-hybridized carbons (Fsp3) is 1.00. The van der Waals surface area contributed by atoms with Gasteiger partial charge in [-0.15, -0.1) is 0 Å². The van der Waals surface area contributed by atoms with Crippen molar-refractivity contribution in [2.45, 2.75) is 40.0 Å². The molecule has 0 radical (unpaired) electrons. The quantitative estimate of drug-likeness (QED) is 0.342. The molecular formula is C9H21BO6S6. The van der Waals surface area contributed by atoms with Gasteiger partial charge in [0.05, 0.1) is 17.3 Å². The molecule has 0 heterocycles. The molecule has 0 fully saturated rings. The van der Waals surface area contributed by atoms with E-state index >= 15 is 0 Å². The minimum Gasteiger partial charge on any atom is -0.218 e. The van der Waals surface area contributed by atoms with Crippen molar-refractivity contribution in [1.29, 1.82) is 0 Å². The monoisotopic (exact) mass is 428 g/mol. The van der Waals surface area contributed by atoms with Gasteiger partial charge in [0.1, 0.15) is 0 Å². The molecule has 6 nitrogen and oxygen atoms in total. The van der Waals surface area contributed by atoms with Crippen LogP contribution in [0.15, 0.2) is 0 Å². The molecule has 0 atom stereocenters. The molecule has 0 spiro atoms. The van der Waals surface area contributed by atoms with Crippen LogP contribution in [0.2, 0.25) is 0 Å². The van der Waals surface area contributed by atoms with Crippen molar-refractivity contribution in [2.24, 2.45) is 0 Å². The van der Waals surface area contributed by atoms with Crippen molar-refractivity contribution in [3.05, 3.63) is 0 Å². The Hall–Kier alpha value is 0.965. The molecule has 0 saturated carbocycles. The van der Waals surface area contributed by atoms with Gasteiger partial charge in [0.15, 0.2) is 26.6 Å². The molecule has 0 N–H and O–H groups in total. The SMILES string of the molecule is CCCS(=O)(=O)SB(SS(=O)(=O)CCC)SS(=O)(=O)CCC. The average Bonchev–Trinajstić information content (AvgIpc) is 2.25. The molecule has 0 aliphatic carbocycles. The van der Waals surface area contributed by atoms with Crippen LogP contribution in [0.3, 0.4) is 0 Å². The fourth-order valence-electron chi connectivity index (χ4n) is 1.30. The summed E-state index contributed by atoms with van der Waals surface area (Å²) >= 11 is 0. The Morgan fingerprint density at radius 3 is 1.00 bits per heavy atom. The Labute approximate surface area is 145 Å². The Bertz CT molecular complexity index is 535. The molecule has 0 aliphatic rings. The predicted octanol–water partition coefficient (Wildman–Crippen LogP) is 2.39. The lowest BCUT2D eigenvalue weighted by molar-refractivity contribution is 0.608. The summed E-state index contributed by atoms with van der Waals surface area (Å²) in [6.45, 7) is 5.07. The van der Waals surface area contributed by atoms with E-state index in [1.807, 2.05) is 0 Å². The van der Waals surface area contributed by atoms with E-state index in [1.54, 1.807) is 20.8 Å². The first-order valence-electron chi connectivity index (χ1n) is 6.69. The molecule has 0 aromatic carbocycles. The first-order chi connectivity index (χ1) is 9.97. The van der Waals surface area contributed by atoms with E-state index in [0.717, 1.165) is 0 Å². The smallest absolute Gasteiger partial charge is 0.218 e. The van der Waals surface area contributed by atoms with E-state index < -0.39 is 31.2 Å². The second-order valence-electron chi connectivity index (χ2n) is 4.36. The average molecular weight is 428 g/mol. The summed E-state index contributed by atoms with van der Waals surface area (Å²) in [6, 6.07) is 0. The highest BCUT2D eigenvalue weighted by Gasteiger charge is 2.35. The maximum atomic E-state index is 11.9. The van der Waals surface area contributed by atoms with Crippen molar-refractivity contribution in [2.75, 3.05) is 17.3 Å². The topological polar surface area (TPSA) is 102 Å². The summed E-state index contributed by atoms with van der Waals surface area (Å²) in [5.41, 5.74) is 0. The van der Waals surface area contributed by atoms with Crippen LogP contribution in [0.4, 0.5) is 0 Å². The maximum absolute atomic E-state index is 11.9. The van der Waals surface area contributed by atoms with Crippen LogP contribution >= 0.6 is 31.9 Å². The van der Waals surface area contributed by atoms with Crippen molar-refractivity contribution in [3.8, 4) is 0 Å². The largest absolute Gasteiger partial charge is 0.391 e. The van der Waals surface area contributed by atoms with Gasteiger partial charge in [-0.05, 0) is 19.3 Å². The standard InChI is InChI=1S/C9H21BO6S6/c1-4-7-20(11,12)17-10(18-21(13,14)8-5-2)19-22(15,16)9-6-3/h4-9H2,1-3H3. The van der Waals surface area contributed by atoms with E-state index in [9.17, 15) is 25.3 Å². The molecule has 0 bridgehead atoms. The minimum atomic E-state index is -3.56. The van der Waals surface area contributed by atoms with E-state index in [1.165, 1.54) is 0 Å². The van der Waals surface area contributed by atoms with Crippen molar-refractivity contribution >= 4 is 63.1 Å². The van der Waals surface area contributed by atoms with Gasteiger partial charge in [-0.3, -0.25) is 0 Å². The third-order valence-corrected chi connectivity index (χ3v) is 15.9. The lowest BCUT2D eigenvalue weighted by Crippen LogP contribution is -2.15. The Morgan fingerprint density at radius 2 is 0.818 bits per heavy atom. The zero-order valence-electron chi connectivity index (χ0n) is 12.7. The molecule has 0 aromatic heterocycles. The molecule has 0 rings (SSSR count). The summed E-state index contributed by atoms with van der Waals surface area (Å²) in [4.78, 5) is 0. The highest BCUT2D eigenvalue weighted by molar-refractivity contribution is 9.15. The van der Waals surface area contributed by atoms with Gasteiger partial charge in [-0.25, -0.2) is 25.3 Å². The number of hydrogen-bond acceptors (Lipinski definition) is 9. The van der Waals surface area contributed by atoms with Gasteiger partial charge in [-0.2, -0.15) is 0 Å². The molecule has 0 aromatic rings. The zero-order valence-corrected chi connectivity index (χ0v) is 17.6. The molecule has 0 amide bonds. The lowest BCUT2D eigenvalue weighted by Gasteiger charge is -2.12. The number of rotatable bonds is 12. The zero-order chi connectivity index (χ0) is 17.4.